The molecule has 2 nitrogen and oxygen atoms in total. The molecular formula is C11H23O2. The molecule has 2 unspecified atom stereocenters. The van der Waals surface area contributed by atoms with E-state index in [0.717, 1.165) is 18.9 Å². The first-order valence-corrected chi connectivity index (χ1v) is 5.40. The molecule has 0 aromatic carbocycles. The van der Waals surface area contributed by atoms with Gasteiger partial charge in [0.15, 0.2) is 0 Å². The van der Waals surface area contributed by atoms with E-state index in [0.29, 0.717) is 6.42 Å². The topological polar surface area (TPSA) is 40.5 Å². The molecule has 0 aliphatic rings. The lowest BCUT2D eigenvalue weighted by Gasteiger charge is -2.15. The van der Waals surface area contributed by atoms with Crippen LogP contribution in [0.25, 0.3) is 0 Å². The van der Waals surface area contributed by atoms with Gasteiger partial charge in [-0.3, -0.25) is 0 Å². The number of unbranched alkanes of at least 4 members (excludes halogenated alkanes) is 1. The van der Waals surface area contributed by atoms with Crippen molar-refractivity contribution in [2.75, 3.05) is 0 Å². The molecule has 0 heterocycles. The monoisotopic (exact) mass is 187 g/mol. The molecule has 79 valence electrons. The fourth-order valence-electron chi connectivity index (χ4n) is 1.53. The zero-order chi connectivity index (χ0) is 10.1. The van der Waals surface area contributed by atoms with Gasteiger partial charge in [0.1, 0.15) is 6.61 Å². The first-order valence-electron chi connectivity index (χ1n) is 5.40. The Hall–Kier alpha value is -0.0800. The van der Waals surface area contributed by atoms with Crippen LogP contribution in [0.15, 0.2) is 0 Å². The molecule has 0 amide bonds. The van der Waals surface area contributed by atoms with E-state index in [1.54, 1.807) is 0 Å². The van der Waals surface area contributed by atoms with Gasteiger partial charge in [-0.05, 0) is 18.8 Å². The lowest BCUT2D eigenvalue weighted by molar-refractivity contribution is 0.127. The Morgan fingerprint density at radius 2 is 1.85 bits per heavy atom. The summed E-state index contributed by atoms with van der Waals surface area (Å²) in [5, 5.41) is 17.6. The maximum absolute atomic E-state index is 9.12. The maximum Gasteiger partial charge on any atom is 0.108 e. The number of hydrogen-bond donors (Lipinski definition) is 2. The number of aliphatic hydroxyl groups excluding tert-OH is 2. The Morgan fingerprint density at radius 1 is 1.15 bits per heavy atom. The van der Waals surface area contributed by atoms with E-state index in [1.807, 2.05) is 0 Å². The summed E-state index contributed by atoms with van der Waals surface area (Å²) in [5.41, 5.74) is 0. The minimum atomic E-state index is -0.629. The van der Waals surface area contributed by atoms with Crippen LogP contribution in [-0.2, 0) is 0 Å². The van der Waals surface area contributed by atoms with Crippen LogP contribution in [0.3, 0.4) is 0 Å². The van der Waals surface area contributed by atoms with Gasteiger partial charge in [-0.2, -0.15) is 0 Å². The van der Waals surface area contributed by atoms with Gasteiger partial charge in [0.05, 0.1) is 6.10 Å². The second-order valence-corrected chi connectivity index (χ2v) is 3.71. The Bertz CT molecular complexity index is 104. The number of rotatable bonds is 8. The van der Waals surface area contributed by atoms with Crippen molar-refractivity contribution in [2.45, 2.75) is 58.5 Å². The molecule has 0 aliphatic heterocycles. The first-order chi connectivity index (χ1) is 6.24. The standard InChI is InChI=1S/C11H23O2/c1-3-5-6-10(4-2)7-8-11(13)9-12/h9-13H,3-8H2,1-2H3. The zero-order valence-corrected chi connectivity index (χ0v) is 8.87. The highest BCUT2D eigenvalue weighted by Gasteiger charge is 2.09. The predicted octanol–water partition coefficient (Wildman–Crippen LogP) is 2.88. The van der Waals surface area contributed by atoms with Crippen molar-refractivity contribution in [1.29, 1.82) is 0 Å². The minimum absolute atomic E-state index is 0.629. The highest BCUT2D eigenvalue weighted by molar-refractivity contribution is 4.66. The van der Waals surface area contributed by atoms with E-state index in [2.05, 4.69) is 13.8 Å². The van der Waals surface area contributed by atoms with Crippen molar-refractivity contribution in [2.24, 2.45) is 5.92 Å². The van der Waals surface area contributed by atoms with Gasteiger partial charge in [-0.25, -0.2) is 0 Å². The van der Waals surface area contributed by atoms with Crippen LogP contribution < -0.4 is 0 Å². The van der Waals surface area contributed by atoms with Gasteiger partial charge in [-0.1, -0.05) is 39.5 Å². The fourth-order valence-corrected chi connectivity index (χ4v) is 1.53. The molecule has 0 aliphatic carbocycles. The van der Waals surface area contributed by atoms with Crippen LogP contribution in [0.5, 0.6) is 0 Å². The molecule has 13 heavy (non-hydrogen) atoms. The number of hydrogen-bond acceptors (Lipinski definition) is 2. The van der Waals surface area contributed by atoms with Crippen LogP contribution >= 0.6 is 0 Å². The van der Waals surface area contributed by atoms with Gasteiger partial charge in [-0.15, -0.1) is 0 Å². The quantitative estimate of drug-likeness (QED) is 0.613. The van der Waals surface area contributed by atoms with Gasteiger partial charge in [0.25, 0.3) is 0 Å². The highest BCUT2D eigenvalue weighted by Crippen LogP contribution is 2.19. The lowest BCUT2D eigenvalue weighted by atomic mass is 9.93. The third-order valence-corrected chi connectivity index (χ3v) is 2.59. The van der Waals surface area contributed by atoms with Gasteiger partial charge < -0.3 is 10.2 Å². The van der Waals surface area contributed by atoms with Crippen molar-refractivity contribution in [3.05, 3.63) is 6.61 Å². The summed E-state index contributed by atoms with van der Waals surface area (Å²) in [5.74, 6) is 0.717. The third-order valence-electron chi connectivity index (χ3n) is 2.59. The van der Waals surface area contributed by atoms with E-state index in [1.165, 1.54) is 25.7 Å². The molecule has 0 fully saturated rings. The fraction of sp³-hybridized carbons (Fsp3) is 0.909. The largest absolute Gasteiger partial charge is 0.390 e. The van der Waals surface area contributed by atoms with Gasteiger partial charge >= 0.3 is 0 Å². The molecule has 1 radical (unpaired) electrons. The summed E-state index contributed by atoms with van der Waals surface area (Å²) in [6.45, 7) is 5.27. The van der Waals surface area contributed by atoms with Crippen molar-refractivity contribution >= 4 is 0 Å². The second kappa shape index (κ2) is 8.52. The van der Waals surface area contributed by atoms with E-state index in [-0.39, 0.29) is 0 Å². The summed E-state index contributed by atoms with van der Waals surface area (Å²) >= 11 is 0. The van der Waals surface area contributed by atoms with Crippen molar-refractivity contribution in [3.63, 3.8) is 0 Å². The van der Waals surface area contributed by atoms with Crippen LogP contribution in [0.2, 0.25) is 0 Å². The Morgan fingerprint density at radius 3 is 2.31 bits per heavy atom. The lowest BCUT2D eigenvalue weighted by Crippen LogP contribution is -2.10. The normalized spacial score (nSPS) is 15.7. The summed E-state index contributed by atoms with van der Waals surface area (Å²) in [6, 6.07) is 0. The van der Waals surface area contributed by atoms with E-state index >= 15 is 0 Å². The van der Waals surface area contributed by atoms with Crippen molar-refractivity contribution < 1.29 is 10.2 Å². The second-order valence-electron chi connectivity index (χ2n) is 3.71. The molecule has 0 spiro atoms. The molecule has 0 aromatic heterocycles. The summed E-state index contributed by atoms with van der Waals surface area (Å²) < 4.78 is 0. The summed E-state index contributed by atoms with van der Waals surface area (Å²) in [7, 11) is 0. The SMILES string of the molecule is CCCCC(CC)CCC(O)[CH]O. The first kappa shape index (κ1) is 12.9. The molecular weight excluding hydrogens is 164 g/mol. The van der Waals surface area contributed by atoms with E-state index in [4.69, 9.17) is 10.2 Å². The average molecular weight is 187 g/mol. The van der Waals surface area contributed by atoms with Crippen LogP contribution in [0.1, 0.15) is 52.4 Å². The molecule has 0 saturated heterocycles. The molecule has 0 saturated carbocycles. The highest BCUT2D eigenvalue weighted by atomic mass is 16.3. The number of aliphatic hydroxyl groups is 2. The molecule has 2 heteroatoms. The Labute approximate surface area is 82.0 Å². The maximum atomic E-state index is 9.12. The third kappa shape index (κ3) is 7.03. The summed E-state index contributed by atoms with van der Waals surface area (Å²) in [4.78, 5) is 0. The minimum Gasteiger partial charge on any atom is -0.390 e. The molecule has 0 rings (SSSR count). The van der Waals surface area contributed by atoms with Crippen LogP contribution in [0, 0.1) is 12.5 Å². The summed E-state index contributed by atoms with van der Waals surface area (Å²) in [6.07, 6.45) is 6.04. The van der Waals surface area contributed by atoms with Crippen LogP contribution in [-0.4, -0.2) is 16.3 Å². The molecule has 0 bridgehead atoms. The Kier molecular flexibility index (Phi) is 8.46. The van der Waals surface area contributed by atoms with Crippen molar-refractivity contribution in [1.82, 2.24) is 0 Å². The average Bonchev–Trinajstić information content (AvgIpc) is 2.17. The molecule has 0 aromatic rings. The predicted molar refractivity (Wildman–Crippen MR) is 54.8 cm³/mol. The Balaban J connectivity index is 3.46. The van der Waals surface area contributed by atoms with Gasteiger partial charge in [0.2, 0.25) is 0 Å². The smallest absolute Gasteiger partial charge is 0.108 e. The molecule has 2 N–H and O–H groups in total. The van der Waals surface area contributed by atoms with E-state index < -0.39 is 6.10 Å². The zero-order valence-electron chi connectivity index (χ0n) is 8.87. The van der Waals surface area contributed by atoms with E-state index in [9.17, 15) is 0 Å². The molecule has 2 atom stereocenters. The van der Waals surface area contributed by atoms with Gasteiger partial charge in [0, 0.05) is 0 Å². The van der Waals surface area contributed by atoms with Crippen LogP contribution in [0.4, 0.5) is 0 Å². The van der Waals surface area contributed by atoms with Crippen molar-refractivity contribution in [3.8, 4) is 0 Å².